The van der Waals surface area contributed by atoms with E-state index in [0.717, 1.165) is 11.1 Å². The average Bonchev–Trinajstić information content (AvgIpc) is 2.26. The normalized spacial score (nSPS) is 10.5. The molecule has 0 unspecified atom stereocenters. The van der Waals surface area contributed by atoms with Crippen LogP contribution in [-0.2, 0) is 9.59 Å². The smallest absolute Gasteiger partial charge is 0.323 e. The van der Waals surface area contributed by atoms with Gasteiger partial charge in [-0.05, 0) is 24.0 Å². The number of carbonyl (C=O) groups is 2. The Hall–Kier alpha value is -2.04. The molecule has 1 aromatic carbocycles. The van der Waals surface area contributed by atoms with E-state index in [4.69, 9.17) is 10.2 Å². The summed E-state index contributed by atoms with van der Waals surface area (Å²) in [5.41, 5.74) is 2.55. The van der Waals surface area contributed by atoms with E-state index in [0.29, 0.717) is 5.69 Å². The molecule has 0 fully saturated rings. The zero-order valence-corrected chi connectivity index (χ0v) is 11.4. The van der Waals surface area contributed by atoms with Crippen molar-refractivity contribution in [3.05, 3.63) is 29.3 Å². The molecule has 0 spiro atoms. The van der Waals surface area contributed by atoms with Gasteiger partial charge in [-0.25, -0.2) is 0 Å². The lowest BCUT2D eigenvalue weighted by Gasteiger charge is -2.27. The highest BCUT2D eigenvalue weighted by Gasteiger charge is 2.20. The highest BCUT2D eigenvalue weighted by molar-refractivity contribution is 5.81. The highest BCUT2D eigenvalue weighted by atomic mass is 16.4. The van der Waals surface area contributed by atoms with Crippen LogP contribution in [0.1, 0.15) is 30.9 Å². The van der Waals surface area contributed by atoms with Crippen molar-refractivity contribution in [2.24, 2.45) is 0 Å². The SMILES string of the molecule is Cc1cccc(C(C)C)c1N(CC(=O)O)CC(=O)O. The number of para-hydroxylation sites is 1. The third-order valence-corrected chi connectivity index (χ3v) is 2.86. The molecule has 5 nitrogen and oxygen atoms in total. The molecule has 0 saturated carbocycles. The summed E-state index contributed by atoms with van der Waals surface area (Å²) in [5, 5.41) is 17.9. The Morgan fingerprint density at radius 3 is 2.11 bits per heavy atom. The van der Waals surface area contributed by atoms with E-state index in [2.05, 4.69) is 0 Å². The second kappa shape index (κ2) is 6.22. The van der Waals surface area contributed by atoms with Crippen LogP contribution in [0.15, 0.2) is 18.2 Å². The number of aryl methyl sites for hydroxylation is 1. The van der Waals surface area contributed by atoms with Gasteiger partial charge in [0.2, 0.25) is 0 Å². The first-order valence-electron chi connectivity index (χ1n) is 6.11. The van der Waals surface area contributed by atoms with Gasteiger partial charge in [-0.3, -0.25) is 9.59 Å². The topological polar surface area (TPSA) is 77.8 Å². The summed E-state index contributed by atoms with van der Waals surface area (Å²) in [5.74, 6) is -1.89. The van der Waals surface area contributed by atoms with Crippen LogP contribution in [0.5, 0.6) is 0 Å². The number of carboxylic acids is 2. The lowest BCUT2D eigenvalue weighted by atomic mass is 9.97. The number of hydrogen-bond acceptors (Lipinski definition) is 3. The Kier molecular flexibility index (Phi) is 4.92. The van der Waals surface area contributed by atoms with Crippen LogP contribution in [0.3, 0.4) is 0 Å². The van der Waals surface area contributed by atoms with Gasteiger partial charge in [0.05, 0.1) is 0 Å². The molecule has 104 valence electrons. The molecule has 0 saturated heterocycles. The van der Waals surface area contributed by atoms with Crippen LogP contribution < -0.4 is 4.90 Å². The van der Waals surface area contributed by atoms with Crippen LogP contribution in [0, 0.1) is 6.92 Å². The van der Waals surface area contributed by atoms with Crippen molar-refractivity contribution in [3.8, 4) is 0 Å². The second-order valence-corrected chi connectivity index (χ2v) is 4.81. The molecule has 1 aromatic rings. The van der Waals surface area contributed by atoms with Gasteiger partial charge in [0.15, 0.2) is 0 Å². The molecule has 1 rings (SSSR count). The van der Waals surface area contributed by atoms with Crippen LogP contribution in [0.2, 0.25) is 0 Å². The van der Waals surface area contributed by atoms with Crippen LogP contribution in [-0.4, -0.2) is 35.2 Å². The molecule has 0 bridgehead atoms. The van der Waals surface area contributed by atoms with Gasteiger partial charge in [-0.2, -0.15) is 0 Å². The van der Waals surface area contributed by atoms with Crippen molar-refractivity contribution in [3.63, 3.8) is 0 Å². The fraction of sp³-hybridized carbons (Fsp3) is 0.429. The van der Waals surface area contributed by atoms with E-state index in [1.54, 1.807) is 0 Å². The molecule has 0 aliphatic rings. The van der Waals surface area contributed by atoms with Crippen molar-refractivity contribution in [2.45, 2.75) is 26.7 Å². The Bertz CT molecular complexity index is 466. The number of aliphatic carboxylic acids is 2. The van der Waals surface area contributed by atoms with Gasteiger partial charge in [0, 0.05) is 5.69 Å². The minimum absolute atomic E-state index is 0.194. The summed E-state index contributed by atoms with van der Waals surface area (Å²) in [6.45, 7) is 5.21. The fourth-order valence-electron chi connectivity index (χ4n) is 2.12. The molecule has 0 aromatic heterocycles. The van der Waals surface area contributed by atoms with Crippen LogP contribution in [0.25, 0.3) is 0 Å². The molecule has 0 heterocycles. The maximum atomic E-state index is 10.9. The highest BCUT2D eigenvalue weighted by Crippen LogP contribution is 2.30. The summed E-state index contributed by atoms with van der Waals surface area (Å²) in [4.78, 5) is 23.2. The Morgan fingerprint density at radius 1 is 1.16 bits per heavy atom. The van der Waals surface area contributed by atoms with Gasteiger partial charge in [0.1, 0.15) is 13.1 Å². The quantitative estimate of drug-likeness (QED) is 0.823. The largest absolute Gasteiger partial charge is 0.480 e. The molecule has 19 heavy (non-hydrogen) atoms. The van der Waals surface area contributed by atoms with Gasteiger partial charge in [-0.1, -0.05) is 32.0 Å². The van der Waals surface area contributed by atoms with Crippen molar-refractivity contribution >= 4 is 17.6 Å². The number of hydrogen-bond donors (Lipinski definition) is 2. The van der Waals surface area contributed by atoms with Crippen LogP contribution >= 0.6 is 0 Å². The van der Waals surface area contributed by atoms with Gasteiger partial charge < -0.3 is 15.1 Å². The van der Waals surface area contributed by atoms with E-state index in [1.807, 2.05) is 39.0 Å². The number of anilines is 1. The Morgan fingerprint density at radius 2 is 1.68 bits per heavy atom. The minimum atomic E-state index is -1.04. The van der Waals surface area contributed by atoms with E-state index in [-0.39, 0.29) is 19.0 Å². The predicted octanol–water partition coefficient (Wildman–Crippen LogP) is 2.09. The monoisotopic (exact) mass is 265 g/mol. The Labute approximate surface area is 112 Å². The summed E-state index contributed by atoms with van der Waals surface area (Å²) in [7, 11) is 0. The molecule has 0 aliphatic carbocycles. The average molecular weight is 265 g/mol. The molecule has 5 heteroatoms. The molecular formula is C14H19NO4. The maximum absolute atomic E-state index is 10.9. The van der Waals surface area contributed by atoms with E-state index in [9.17, 15) is 9.59 Å². The number of benzene rings is 1. The summed E-state index contributed by atoms with van der Waals surface area (Å²) < 4.78 is 0. The minimum Gasteiger partial charge on any atom is -0.480 e. The number of rotatable bonds is 6. The molecule has 0 atom stereocenters. The summed E-state index contributed by atoms with van der Waals surface area (Å²) in [6, 6.07) is 5.66. The van der Waals surface area contributed by atoms with Gasteiger partial charge >= 0.3 is 11.9 Å². The standard InChI is InChI=1S/C14H19NO4/c1-9(2)11-6-4-5-10(3)14(11)15(7-12(16)17)8-13(18)19/h4-6,9H,7-8H2,1-3H3,(H,16,17)(H,18,19). The summed E-state index contributed by atoms with van der Waals surface area (Å²) in [6.07, 6.45) is 0. The van der Waals surface area contributed by atoms with Crippen molar-refractivity contribution in [2.75, 3.05) is 18.0 Å². The molecule has 0 radical (unpaired) electrons. The number of nitrogens with zero attached hydrogens (tertiary/aromatic N) is 1. The maximum Gasteiger partial charge on any atom is 0.323 e. The first-order valence-corrected chi connectivity index (χ1v) is 6.11. The Balaban J connectivity index is 3.27. The third kappa shape index (κ3) is 3.98. The van der Waals surface area contributed by atoms with Gasteiger partial charge in [-0.15, -0.1) is 0 Å². The van der Waals surface area contributed by atoms with Gasteiger partial charge in [0.25, 0.3) is 0 Å². The fourth-order valence-corrected chi connectivity index (χ4v) is 2.12. The first kappa shape index (κ1) is 15.0. The zero-order valence-electron chi connectivity index (χ0n) is 11.4. The van der Waals surface area contributed by atoms with Crippen LogP contribution in [0.4, 0.5) is 5.69 Å². The van der Waals surface area contributed by atoms with E-state index in [1.165, 1.54) is 4.90 Å². The molecule has 0 aliphatic heterocycles. The van der Waals surface area contributed by atoms with Crippen molar-refractivity contribution in [1.82, 2.24) is 0 Å². The predicted molar refractivity (Wildman–Crippen MR) is 72.8 cm³/mol. The summed E-state index contributed by atoms with van der Waals surface area (Å²) >= 11 is 0. The molecule has 0 amide bonds. The zero-order chi connectivity index (χ0) is 14.6. The van der Waals surface area contributed by atoms with Crippen molar-refractivity contribution in [1.29, 1.82) is 0 Å². The second-order valence-electron chi connectivity index (χ2n) is 4.81. The van der Waals surface area contributed by atoms with E-state index < -0.39 is 11.9 Å². The molecular weight excluding hydrogens is 246 g/mol. The lowest BCUT2D eigenvalue weighted by Crippen LogP contribution is -2.35. The first-order chi connectivity index (χ1) is 8.82. The van der Waals surface area contributed by atoms with E-state index >= 15 is 0 Å². The number of carboxylic acid groups (broad SMARTS) is 2. The third-order valence-electron chi connectivity index (χ3n) is 2.86. The van der Waals surface area contributed by atoms with Crippen molar-refractivity contribution < 1.29 is 19.8 Å². The molecule has 2 N–H and O–H groups in total. The lowest BCUT2D eigenvalue weighted by molar-refractivity contribution is -0.136.